The van der Waals surface area contributed by atoms with E-state index < -0.39 is 5.91 Å². The van der Waals surface area contributed by atoms with Crippen LogP contribution in [0.5, 0.6) is 0 Å². The lowest BCUT2D eigenvalue weighted by molar-refractivity contribution is -0.154. The molecular weight excluding hydrogens is 341 g/mol. The number of nitrogens with zero attached hydrogens (tertiary/aromatic N) is 2. The minimum absolute atomic E-state index is 0.219. The number of anilines is 1. The number of hydrogen-bond acceptors (Lipinski definition) is 5. The van der Waals surface area contributed by atoms with Crippen molar-refractivity contribution in [2.45, 2.75) is 19.8 Å². The molecule has 0 unspecified atom stereocenters. The van der Waals surface area contributed by atoms with Crippen molar-refractivity contribution >= 4 is 17.7 Å². The summed E-state index contributed by atoms with van der Waals surface area (Å²) in [5.74, 6) is -1.01. The quantitative estimate of drug-likeness (QED) is 0.826. The van der Waals surface area contributed by atoms with E-state index in [1.165, 1.54) is 16.8 Å². The van der Waals surface area contributed by atoms with Gasteiger partial charge in [0.15, 0.2) is 6.61 Å². The van der Waals surface area contributed by atoms with Crippen LogP contribution < -0.4 is 5.32 Å². The largest absolute Gasteiger partial charge is 0.455 e. The fraction of sp³-hybridized carbons (Fsp3) is 0.389. The summed E-state index contributed by atoms with van der Waals surface area (Å²) in [6, 6.07) is 7.42. The van der Waals surface area contributed by atoms with Crippen LogP contribution in [0, 0.1) is 18.7 Å². The molecule has 3 rings (SSSR count). The number of benzene rings is 1. The zero-order chi connectivity index (χ0) is 18.5. The summed E-state index contributed by atoms with van der Waals surface area (Å²) < 4.78 is 24.9. The van der Waals surface area contributed by atoms with Crippen molar-refractivity contribution in [3.05, 3.63) is 41.8 Å². The van der Waals surface area contributed by atoms with Crippen LogP contribution in [0.4, 0.5) is 10.2 Å². The van der Waals surface area contributed by atoms with Crippen LogP contribution in [0.1, 0.15) is 18.5 Å². The Morgan fingerprint density at radius 2 is 2.00 bits per heavy atom. The summed E-state index contributed by atoms with van der Waals surface area (Å²) in [6.45, 7) is 2.47. The Bertz CT molecular complexity index is 782. The topological polar surface area (TPSA) is 82.5 Å². The summed E-state index contributed by atoms with van der Waals surface area (Å²) in [5.41, 5.74) is 1.29. The van der Waals surface area contributed by atoms with E-state index in [4.69, 9.17) is 9.47 Å². The predicted molar refractivity (Wildman–Crippen MR) is 91.4 cm³/mol. The van der Waals surface area contributed by atoms with E-state index in [-0.39, 0.29) is 24.3 Å². The average Bonchev–Trinajstić information content (AvgIpc) is 3.01. The molecule has 0 saturated carbocycles. The van der Waals surface area contributed by atoms with Crippen LogP contribution in [0.25, 0.3) is 5.69 Å². The van der Waals surface area contributed by atoms with E-state index in [1.807, 2.05) is 0 Å². The second kappa shape index (κ2) is 8.09. The molecule has 0 spiro atoms. The van der Waals surface area contributed by atoms with E-state index in [0.717, 1.165) is 0 Å². The second-order valence-electron chi connectivity index (χ2n) is 6.10. The van der Waals surface area contributed by atoms with Crippen LogP contribution in [-0.4, -0.2) is 41.5 Å². The molecule has 1 saturated heterocycles. The predicted octanol–water partition coefficient (Wildman–Crippen LogP) is 2.23. The van der Waals surface area contributed by atoms with Crippen LogP contribution in [0.15, 0.2) is 30.3 Å². The Morgan fingerprint density at radius 3 is 2.69 bits per heavy atom. The van der Waals surface area contributed by atoms with Gasteiger partial charge in [-0.05, 0) is 44.0 Å². The number of nitrogens with one attached hydrogen (secondary N) is 1. The molecule has 2 aromatic rings. The van der Waals surface area contributed by atoms with Crippen LogP contribution in [0.2, 0.25) is 0 Å². The third kappa shape index (κ3) is 4.45. The summed E-state index contributed by atoms with van der Waals surface area (Å²) in [4.78, 5) is 24.1. The minimum atomic E-state index is -0.464. The maximum atomic E-state index is 13.1. The van der Waals surface area contributed by atoms with Gasteiger partial charge in [0.2, 0.25) is 0 Å². The molecule has 1 N–H and O–H groups in total. The van der Waals surface area contributed by atoms with E-state index in [9.17, 15) is 14.0 Å². The zero-order valence-corrected chi connectivity index (χ0v) is 14.4. The van der Waals surface area contributed by atoms with Crippen LogP contribution in [-0.2, 0) is 19.1 Å². The van der Waals surface area contributed by atoms with E-state index in [2.05, 4.69) is 10.4 Å². The van der Waals surface area contributed by atoms with Gasteiger partial charge in [-0.15, -0.1) is 0 Å². The summed E-state index contributed by atoms with van der Waals surface area (Å²) in [5, 5.41) is 6.96. The lowest BCUT2D eigenvalue weighted by Crippen LogP contribution is -2.28. The smallest absolute Gasteiger partial charge is 0.309 e. The Labute approximate surface area is 150 Å². The molecule has 8 heteroatoms. The van der Waals surface area contributed by atoms with Crippen molar-refractivity contribution < 1.29 is 23.5 Å². The number of amides is 1. The Hall–Kier alpha value is -2.74. The molecule has 138 valence electrons. The number of carbonyl (C=O) groups excluding carboxylic acids is 2. The summed E-state index contributed by atoms with van der Waals surface area (Å²) >= 11 is 0. The highest BCUT2D eigenvalue weighted by molar-refractivity contribution is 5.92. The van der Waals surface area contributed by atoms with Gasteiger partial charge in [-0.3, -0.25) is 9.59 Å². The maximum absolute atomic E-state index is 13.1. The van der Waals surface area contributed by atoms with Crippen molar-refractivity contribution in [1.29, 1.82) is 0 Å². The van der Waals surface area contributed by atoms with Gasteiger partial charge in [0.1, 0.15) is 11.6 Å². The summed E-state index contributed by atoms with van der Waals surface area (Å²) in [7, 11) is 0. The Kier molecular flexibility index (Phi) is 5.62. The molecule has 1 amide bonds. The number of aryl methyl sites for hydroxylation is 1. The van der Waals surface area contributed by atoms with Gasteiger partial charge < -0.3 is 14.8 Å². The average molecular weight is 361 g/mol. The van der Waals surface area contributed by atoms with Gasteiger partial charge in [-0.1, -0.05) is 0 Å². The maximum Gasteiger partial charge on any atom is 0.309 e. The number of halogens is 1. The van der Waals surface area contributed by atoms with E-state index >= 15 is 0 Å². The molecule has 26 heavy (non-hydrogen) atoms. The van der Waals surface area contributed by atoms with Crippen LogP contribution >= 0.6 is 0 Å². The van der Waals surface area contributed by atoms with Gasteiger partial charge in [0, 0.05) is 19.3 Å². The molecule has 0 bridgehead atoms. The van der Waals surface area contributed by atoms with E-state index in [0.29, 0.717) is 43.3 Å². The molecular formula is C18H20FN3O4. The molecule has 0 aliphatic carbocycles. The van der Waals surface area contributed by atoms with Crippen molar-refractivity contribution in [1.82, 2.24) is 9.78 Å². The number of aromatic nitrogens is 2. The van der Waals surface area contributed by atoms with Gasteiger partial charge >= 0.3 is 5.97 Å². The zero-order valence-electron chi connectivity index (χ0n) is 14.4. The molecule has 1 aromatic carbocycles. The normalized spacial score (nSPS) is 14.8. The molecule has 0 radical (unpaired) electrons. The first-order valence-corrected chi connectivity index (χ1v) is 8.40. The van der Waals surface area contributed by atoms with Gasteiger partial charge in [0.05, 0.1) is 17.3 Å². The van der Waals surface area contributed by atoms with Gasteiger partial charge in [0.25, 0.3) is 5.91 Å². The minimum Gasteiger partial charge on any atom is -0.455 e. The van der Waals surface area contributed by atoms with Crippen molar-refractivity contribution in [3.63, 3.8) is 0 Å². The highest BCUT2D eigenvalue weighted by Gasteiger charge is 2.23. The molecule has 1 aliphatic rings. The Morgan fingerprint density at radius 1 is 1.31 bits per heavy atom. The molecule has 1 fully saturated rings. The first-order valence-electron chi connectivity index (χ1n) is 8.40. The highest BCUT2D eigenvalue weighted by atomic mass is 19.1. The second-order valence-corrected chi connectivity index (χ2v) is 6.10. The van der Waals surface area contributed by atoms with Crippen molar-refractivity contribution in [3.8, 4) is 5.69 Å². The third-order valence-corrected chi connectivity index (χ3v) is 4.07. The van der Waals surface area contributed by atoms with Crippen molar-refractivity contribution in [2.24, 2.45) is 5.92 Å². The number of ether oxygens (including phenoxy) is 2. The number of carbonyl (C=O) groups is 2. The lowest BCUT2D eigenvalue weighted by Gasteiger charge is -2.20. The first-order chi connectivity index (χ1) is 12.5. The first kappa shape index (κ1) is 18.1. The van der Waals surface area contributed by atoms with Crippen LogP contribution in [0.3, 0.4) is 0 Å². The molecule has 1 aromatic heterocycles. The lowest BCUT2D eigenvalue weighted by atomic mass is 10.0. The standard InChI is InChI=1S/C18H20FN3O4/c1-12-10-16(22(21-12)15-4-2-14(19)3-5-15)20-17(23)11-26-18(24)13-6-8-25-9-7-13/h2-5,10,13H,6-9,11H2,1H3,(H,20,23). The third-order valence-electron chi connectivity index (χ3n) is 4.07. The summed E-state index contributed by atoms with van der Waals surface area (Å²) in [6.07, 6.45) is 1.22. The van der Waals surface area contributed by atoms with Crippen molar-refractivity contribution in [2.75, 3.05) is 25.1 Å². The Balaban J connectivity index is 1.60. The number of esters is 1. The molecule has 7 nitrogen and oxygen atoms in total. The molecule has 2 heterocycles. The highest BCUT2D eigenvalue weighted by Crippen LogP contribution is 2.18. The SMILES string of the molecule is Cc1cc(NC(=O)COC(=O)C2CCOCC2)n(-c2ccc(F)cc2)n1. The molecule has 1 aliphatic heterocycles. The van der Waals surface area contributed by atoms with Gasteiger partial charge in [-0.25, -0.2) is 9.07 Å². The molecule has 0 atom stereocenters. The monoisotopic (exact) mass is 361 g/mol. The fourth-order valence-corrected chi connectivity index (χ4v) is 2.73. The number of hydrogen-bond donors (Lipinski definition) is 1. The van der Waals surface area contributed by atoms with E-state index in [1.54, 1.807) is 25.1 Å². The fourth-order valence-electron chi connectivity index (χ4n) is 2.73. The number of rotatable bonds is 5. The van der Waals surface area contributed by atoms with Gasteiger partial charge in [-0.2, -0.15) is 5.10 Å².